The van der Waals surface area contributed by atoms with Gasteiger partial charge in [-0.1, -0.05) is 18.2 Å². The van der Waals surface area contributed by atoms with Crippen molar-refractivity contribution in [2.75, 3.05) is 10.8 Å². The molecular weight excluding hydrogens is 304 g/mol. The van der Waals surface area contributed by atoms with Gasteiger partial charge >= 0.3 is 0 Å². The number of sulfonamides is 1. The average Bonchev–Trinajstić information content (AvgIpc) is 2.48. The van der Waals surface area contributed by atoms with Gasteiger partial charge in [0.1, 0.15) is 0 Å². The molecule has 7 heteroatoms. The molecule has 2 rings (SSSR count). The van der Waals surface area contributed by atoms with E-state index in [0.717, 1.165) is 11.6 Å². The second-order valence-electron chi connectivity index (χ2n) is 4.76. The van der Waals surface area contributed by atoms with Gasteiger partial charge in [-0.15, -0.1) is 0 Å². The Labute approximate surface area is 129 Å². The molecule has 0 fully saturated rings. The largest absolute Gasteiger partial charge is 0.270 e. The second kappa shape index (κ2) is 6.15. The highest BCUT2D eigenvalue weighted by atomic mass is 32.2. The van der Waals surface area contributed by atoms with E-state index in [1.807, 2.05) is 13.0 Å². The van der Waals surface area contributed by atoms with E-state index >= 15 is 0 Å². The van der Waals surface area contributed by atoms with Gasteiger partial charge in [0.05, 0.1) is 15.5 Å². The Hall–Kier alpha value is -2.41. The van der Waals surface area contributed by atoms with Crippen molar-refractivity contribution < 1.29 is 13.3 Å². The van der Waals surface area contributed by atoms with Gasteiger partial charge in [0.25, 0.3) is 15.7 Å². The lowest BCUT2D eigenvalue weighted by atomic mass is 10.2. The summed E-state index contributed by atoms with van der Waals surface area (Å²) in [5, 5.41) is 10.8. The summed E-state index contributed by atoms with van der Waals surface area (Å²) in [6.07, 6.45) is 0. The highest BCUT2D eigenvalue weighted by Gasteiger charge is 2.25. The summed E-state index contributed by atoms with van der Waals surface area (Å²) < 4.78 is 26.7. The quantitative estimate of drug-likeness (QED) is 0.626. The van der Waals surface area contributed by atoms with Crippen LogP contribution in [-0.2, 0) is 10.0 Å². The van der Waals surface area contributed by atoms with Crippen molar-refractivity contribution in [3.05, 3.63) is 64.2 Å². The first-order chi connectivity index (χ1) is 10.4. The van der Waals surface area contributed by atoms with E-state index in [4.69, 9.17) is 0 Å². The topological polar surface area (TPSA) is 80.5 Å². The molecule has 0 amide bonds. The molecule has 22 heavy (non-hydrogen) atoms. The van der Waals surface area contributed by atoms with E-state index in [2.05, 4.69) is 0 Å². The van der Waals surface area contributed by atoms with Gasteiger partial charge in [0.2, 0.25) is 0 Å². The Kier molecular flexibility index (Phi) is 4.46. The Morgan fingerprint density at radius 2 is 1.82 bits per heavy atom. The highest BCUT2D eigenvalue weighted by Crippen LogP contribution is 2.26. The van der Waals surface area contributed by atoms with Crippen LogP contribution in [-0.4, -0.2) is 19.9 Å². The number of anilines is 1. The van der Waals surface area contributed by atoms with Gasteiger partial charge in [-0.05, 0) is 37.6 Å². The standard InChI is InChI=1S/C15H16N2O4S/c1-3-16(13-7-4-6-12(2)10-13)22(20,21)15-9-5-8-14(11-15)17(18)19/h4-11H,3H2,1-2H3. The molecule has 0 saturated carbocycles. The Bertz CT molecular complexity index is 803. The monoisotopic (exact) mass is 320 g/mol. The lowest BCUT2D eigenvalue weighted by Gasteiger charge is -2.23. The first-order valence-corrected chi connectivity index (χ1v) is 8.14. The van der Waals surface area contributed by atoms with Crippen LogP contribution in [0.3, 0.4) is 0 Å². The lowest BCUT2D eigenvalue weighted by molar-refractivity contribution is -0.385. The summed E-state index contributed by atoms with van der Waals surface area (Å²) in [6, 6.07) is 12.2. The zero-order valence-electron chi connectivity index (χ0n) is 12.3. The van der Waals surface area contributed by atoms with Crippen LogP contribution in [0.1, 0.15) is 12.5 Å². The molecule has 0 aliphatic carbocycles. The van der Waals surface area contributed by atoms with Crippen molar-refractivity contribution in [2.45, 2.75) is 18.7 Å². The maximum absolute atomic E-state index is 12.8. The van der Waals surface area contributed by atoms with Crippen LogP contribution in [0.15, 0.2) is 53.4 Å². The van der Waals surface area contributed by atoms with Crippen molar-refractivity contribution in [2.24, 2.45) is 0 Å². The zero-order chi connectivity index (χ0) is 16.3. The normalized spacial score (nSPS) is 11.2. The summed E-state index contributed by atoms with van der Waals surface area (Å²) in [4.78, 5) is 10.1. The van der Waals surface area contributed by atoms with Crippen LogP contribution < -0.4 is 4.31 Å². The van der Waals surface area contributed by atoms with E-state index in [0.29, 0.717) is 5.69 Å². The third-order valence-electron chi connectivity index (χ3n) is 3.19. The van der Waals surface area contributed by atoms with E-state index < -0.39 is 14.9 Å². The van der Waals surface area contributed by atoms with Gasteiger partial charge in [-0.3, -0.25) is 14.4 Å². The number of aryl methyl sites for hydroxylation is 1. The number of nitrogens with zero attached hydrogens (tertiary/aromatic N) is 2. The maximum atomic E-state index is 12.8. The van der Waals surface area contributed by atoms with Gasteiger partial charge < -0.3 is 0 Å². The lowest BCUT2D eigenvalue weighted by Crippen LogP contribution is -2.30. The molecule has 0 atom stereocenters. The molecule has 0 heterocycles. The van der Waals surface area contributed by atoms with Crippen molar-refractivity contribution in [1.82, 2.24) is 0 Å². The molecule has 0 aliphatic rings. The number of rotatable bonds is 5. The predicted molar refractivity (Wildman–Crippen MR) is 84.5 cm³/mol. The first-order valence-electron chi connectivity index (χ1n) is 6.70. The summed E-state index contributed by atoms with van der Waals surface area (Å²) in [5.74, 6) is 0. The summed E-state index contributed by atoms with van der Waals surface area (Å²) >= 11 is 0. The molecule has 0 saturated heterocycles. The Morgan fingerprint density at radius 1 is 1.14 bits per heavy atom. The van der Waals surface area contributed by atoms with Crippen LogP contribution >= 0.6 is 0 Å². The SMILES string of the molecule is CCN(c1cccc(C)c1)S(=O)(=O)c1cccc([N+](=O)[O-])c1. The number of benzene rings is 2. The molecular formula is C15H16N2O4S. The molecule has 0 aliphatic heterocycles. The number of nitro benzene ring substituents is 1. The van der Waals surface area contributed by atoms with Crippen LogP contribution in [0.25, 0.3) is 0 Å². The van der Waals surface area contributed by atoms with Crippen molar-refractivity contribution in [1.29, 1.82) is 0 Å². The molecule has 2 aromatic rings. The zero-order valence-corrected chi connectivity index (χ0v) is 13.1. The predicted octanol–water partition coefficient (Wildman–Crippen LogP) is 3.12. The first kappa shape index (κ1) is 16.0. The van der Waals surface area contributed by atoms with E-state index in [1.165, 1.54) is 22.5 Å². The number of non-ortho nitro benzene ring substituents is 1. The van der Waals surface area contributed by atoms with Crippen molar-refractivity contribution in [3.8, 4) is 0 Å². The smallest absolute Gasteiger partial charge is 0.267 e. The van der Waals surface area contributed by atoms with Crippen LogP contribution in [0.4, 0.5) is 11.4 Å². The number of nitro groups is 1. The second-order valence-corrected chi connectivity index (χ2v) is 6.63. The molecule has 6 nitrogen and oxygen atoms in total. The summed E-state index contributed by atoms with van der Waals surface area (Å²) in [6.45, 7) is 3.82. The van der Waals surface area contributed by atoms with Crippen LogP contribution in [0.5, 0.6) is 0 Å². The van der Waals surface area contributed by atoms with E-state index in [9.17, 15) is 18.5 Å². The summed E-state index contributed by atoms with van der Waals surface area (Å²) in [7, 11) is -3.85. The molecule has 0 unspecified atom stereocenters. The van der Waals surface area contributed by atoms with Gasteiger partial charge in [0.15, 0.2) is 0 Å². The Balaban J connectivity index is 2.52. The fraction of sp³-hybridized carbons (Fsp3) is 0.200. The summed E-state index contributed by atoms with van der Waals surface area (Å²) in [5.41, 5.74) is 1.22. The fourth-order valence-electron chi connectivity index (χ4n) is 2.16. The molecule has 0 bridgehead atoms. The fourth-order valence-corrected chi connectivity index (χ4v) is 3.66. The van der Waals surface area contributed by atoms with Crippen LogP contribution in [0.2, 0.25) is 0 Å². The van der Waals surface area contributed by atoms with Crippen LogP contribution in [0, 0.1) is 17.0 Å². The van der Waals surface area contributed by atoms with Gasteiger partial charge in [-0.25, -0.2) is 8.42 Å². The minimum Gasteiger partial charge on any atom is -0.267 e. The van der Waals surface area contributed by atoms with E-state index in [1.54, 1.807) is 25.1 Å². The third-order valence-corrected chi connectivity index (χ3v) is 5.09. The van der Waals surface area contributed by atoms with E-state index in [-0.39, 0.29) is 17.1 Å². The minimum absolute atomic E-state index is 0.0925. The third kappa shape index (κ3) is 3.09. The highest BCUT2D eigenvalue weighted by molar-refractivity contribution is 7.92. The molecule has 0 aromatic heterocycles. The molecule has 0 radical (unpaired) electrons. The molecule has 2 aromatic carbocycles. The van der Waals surface area contributed by atoms with Gasteiger partial charge in [0, 0.05) is 18.7 Å². The van der Waals surface area contributed by atoms with Crippen molar-refractivity contribution in [3.63, 3.8) is 0 Å². The van der Waals surface area contributed by atoms with Gasteiger partial charge in [-0.2, -0.15) is 0 Å². The Morgan fingerprint density at radius 3 is 2.41 bits per heavy atom. The maximum Gasteiger partial charge on any atom is 0.270 e. The average molecular weight is 320 g/mol. The molecule has 0 N–H and O–H groups in total. The number of hydrogen-bond acceptors (Lipinski definition) is 4. The number of hydrogen-bond donors (Lipinski definition) is 0. The molecule has 0 spiro atoms. The van der Waals surface area contributed by atoms with Crippen molar-refractivity contribution >= 4 is 21.4 Å². The molecule has 116 valence electrons. The minimum atomic E-state index is -3.85.